The highest BCUT2D eigenvalue weighted by atomic mass is 16.5. The summed E-state index contributed by atoms with van der Waals surface area (Å²) in [6.07, 6.45) is -0.533. The highest BCUT2D eigenvalue weighted by Crippen LogP contribution is 2.25. The maximum absolute atomic E-state index is 12.9. The summed E-state index contributed by atoms with van der Waals surface area (Å²) in [7, 11) is 2.16. The zero-order chi connectivity index (χ0) is 33.8. The summed E-state index contributed by atoms with van der Waals surface area (Å²) in [5.74, 6) is -5.41. The molecule has 15 nitrogen and oxygen atoms in total. The number of methoxy groups -OCH3 is 2. The largest absolute Gasteiger partial charge is 0.467 e. The number of carbonyl (C=O) groups excluding carboxylic acids is 7. The van der Waals surface area contributed by atoms with E-state index in [0.29, 0.717) is 5.56 Å². The third-order valence-electron chi connectivity index (χ3n) is 6.89. The topological polar surface area (TPSA) is 210 Å². The van der Waals surface area contributed by atoms with Crippen LogP contribution in [-0.4, -0.2) is 98.0 Å². The molecule has 46 heavy (non-hydrogen) atoms. The van der Waals surface area contributed by atoms with E-state index >= 15 is 0 Å². The minimum atomic E-state index is -1.48. The summed E-state index contributed by atoms with van der Waals surface area (Å²) >= 11 is 0. The third kappa shape index (κ3) is 9.18. The minimum absolute atomic E-state index is 0.0640. The predicted octanol–water partition coefficient (Wildman–Crippen LogP) is -0.146. The van der Waals surface area contributed by atoms with Crippen LogP contribution in [0.2, 0.25) is 0 Å². The van der Waals surface area contributed by atoms with Crippen molar-refractivity contribution in [1.29, 1.82) is 0 Å². The Morgan fingerprint density at radius 3 is 1.93 bits per heavy atom. The van der Waals surface area contributed by atoms with Crippen LogP contribution in [0.4, 0.5) is 0 Å². The smallest absolute Gasteiger partial charge is 0.331 e. The fourth-order valence-electron chi connectivity index (χ4n) is 4.41. The molecule has 4 N–H and O–H groups in total. The van der Waals surface area contributed by atoms with Gasteiger partial charge in [0.25, 0.3) is 11.8 Å². The van der Waals surface area contributed by atoms with Gasteiger partial charge in [-0.2, -0.15) is 0 Å². The Hall–Kier alpha value is -5.15. The molecule has 1 heterocycles. The third-order valence-corrected chi connectivity index (χ3v) is 6.89. The molecule has 1 aliphatic heterocycles. The van der Waals surface area contributed by atoms with Crippen LogP contribution in [-0.2, 0) is 49.5 Å². The van der Waals surface area contributed by atoms with Crippen LogP contribution in [0, 0.1) is 0 Å². The average molecular weight is 641 g/mol. The molecule has 0 spiro atoms. The first kappa shape index (κ1) is 35.3. The molecule has 246 valence electrons. The number of nitrogens with one attached hydrogen (secondary N) is 2. The Kier molecular flexibility index (Phi) is 12.9. The van der Waals surface area contributed by atoms with Crippen LogP contribution in [0.5, 0.6) is 0 Å². The lowest BCUT2D eigenvalue weighted by Crippen LogP contribution is -2.50. The van der Waals surface area contributed by atoms with Gasteiger partial charge in [-0.3, -0.25) is 24.1 Å². The molecule has 0 aliphatic carbocycles. The maximum atomic E-state index is 12.9. The molecule has 0 fully saturated rings. The second-order valence-corrected chi connectivity index (χ2v) is 10.2. The number of hydrogen-bond donors (Lipinski definition) is 3. The molecule has 15 heteroatoms. The summed E-state index contributed by atoms with van der Waals surface area (Å²) in [6, 6.07) is 9.86. The van der Waals surface area contributed by atoms with Crippen LogP contribution >= 0.6 is 0 Å². The van der Waals surface area contributed by atoms with Gasteiger partial charge < -0.3 is 35.3 Å². The Labute approximate surface area is 264 Å². The number of ether oxygens (including phenoxy) is 4. The Morgan fingerprint density at radius 1 is 0.783 bits per heavy atom. The molecule has 0 saturated carbocycles. The first-order valence-corrected chi connectivity index (χ1v) is 14.2. The normalized spacial score (nSPS) is 14.7. The molecule has 0 bridgehead atoms. The van der Waals surface area contributed by atoms with Gasteiger partial charge in [-0.05, 0) is 31.0 Å². The van der Waals surface area contributed by atoms with Crippen molar-refractivity contribution in [2.75, 3.05) is 27.4 Å². The summed E-state index contributed by atoms with van der Waals surface area (Å²) < 4.78 is 20.3. The molecular formula is C31H36N4O11. The van der Waals surface area contributed by atoms with Gasteiger partial charge >= 0.3 is 17.9 Å². The first-order chi connectivity index (χ1) is 22.0. The van der Waals surface area contributed by atoms with E-state index < -0.39 is 78.9 Å². The van der Waals surface area contributed by atoms with Crippen molar-refractivity contribution in [2.24, 2.45) is 5.73 Å². The molecule has 0 radical (unpaired) electrons. The van der Waals surface area contributed by atoms with E-state index in [0.717, 1.165) is 19.1 Å². The van der Waals surface area contributed by atoms with E-state index in [1.54, 1.807) is 42.5 Å². The molecule has 3 rings (SSSR count). The molecule has 4 amide bonds. The van der Waals surface area contributed by atoms with Crippen LogP contribution in [0.25, 0.3) is 0 Å². The van der Waals surface area contributed by atoms with Crippen LogP contribution < -0.4 is 16.4 Å². The van der Waals surface area contributed by atoms with Gasteiger partial charge in [0.05, 0.1) is 44.6 Å². The summed E-state index contributed by atoms with van der Waals surface area (Å²) in [5.41, 5.74) is 6.55. The lowest BCUT2D eigenvalue weighted by Gasteiger charge is -2.25. The molecule has 2 aromatic rings. The quantitative estimate of drug-likeness (QED) is 0.124. The number of carbonyl (C=O) groups is 7. The number of esters is 3. The number of nitrogens with two attached hydrogens (primary N) is 1. The van der Waals surface area contributed by atoms with Gasteiger partial charge in [-0.15, -0.1) is 0 Å². The van der Waals surface area contributed by atoms with Crippen LogP contribution in [0.15, 0.2) is 54.6 Å². The van der Waals surface area contributed by atoms with E-state index in [1.165, 1.54) is 19.1 Å². The maximum Gasteiger partial charge on any atom is 0.331 e. The average Bonchev–Trinajstić information content (AvgIpc) is 3.31. The zero-order valence-electron chi connectivity index (χ0n) is 25.6. The summed E-state index contributed by atoms with van der Waals surface area (Å²) in [5, 5.41) is 4.88. The van der Waals surface area contributed by atoms with Gasteiger partial charge in [0, 0.05) is 6.42 Å². The van der Waals surface area contributed by atoms with Gasteiger partial charge in [0.2, 0.25) is 11.8 Å². The lowest BCUT2D eigenvalue weighted by molar-refractivity contribution is -0.151. The Bertz CT molecular complexity index is 1410. The highest BCUT2D eigenvalue weighted by molar-refractivity contribution is 6.22. The van der Waals surface area contributed by atoms with Crippen molar-refractivity contribution in [2.45, 2.75) is 50.5 Å². The van der Waals surface area contributed by atoms with E-state index in [2.05, 4.69) is 10.6 Å². The molecule has 0 aromatic heterocycles. The molecule has 4 atom stereocenters. The first-order valence-electron chi connectivity index (χ1n) is 14.2. The number of fused-ring (bicyclic) bond motifs is 1. The Morgan fingerprint density at radius 2 is 1.37 bits per heavy atom. The van der Waals surface area contributed by atoms with E-state index in [4.69, 9.17) is 24.7 Å². The fourth-order valence-corrected chi connectivity index (χ4v) is 4.41. The fraction of sp³-hybridized carbons (Fsp3) is 0.387. The molecule has 0 saturated heterocycles. The van der Waals surface area contributed by atoms with Gasteiger partial charge in [0.15, 0.2) is 12.1 Å². The summed E-state index contributed by atoms with van der Waals surface area (Å²) in [6.45, 7) is 0.291. The van der Waals surface area contributed by atoms with Crippen molar-refractivity contribution < 1.29 is 52.5 Å². The predicted molar refractivity (Wildman–Crippen MR) is 159 cm³/mol. The zero-order valence-corrected chi connectivity index (χ0v) is 25.6. The van der Waals surface area contributed by atoms with Crippen molar-refractivity contribution >= 4 is 41.5 Å². The SMILES string of the molecule is COC(=O)[C@H](COC[C@H](C(=O)OC)N1C(=O)c2ccccc2C1=O)NC(=O)CC[C@@H](NC(=O)[C@H](C)N)C(=O)OCc1ccccc1. The van der Waals surface area contributed by atoms with Crippen molar-refractivity contribution in [3.8, 4) is 0 Å². The van der Waals surface area contributed by atoms with Crippen molar-refractivity contribution in [3.05, 3.63) is 71.3 Å². The molecule has 1 aliphatic rings. The second kappa shape index (κ2) is 16.8. The monoisotopic (exact) mass is 640 g/mol. The highest BCUT2D eigenvalue weighted by Gasteiger charge is 2.43. The minimum Gasteiger partial charge on any atom is -0.467 e. The van der Waals surface area contributed by atoms with Gasteiger partial charge in [-0.1, -0.05) is 42.5 Å². The van der Waals surface area contributed by atoms with Crippen molar-refractivity contribution in [1.82, 2.24) is 15.5 Å². The van der Waals surface area contributed by atoms with Crippen LogP contribution in [0.1, 0.15) is 46.0 Å². The number of imide groups is 1. The second-order valence-electron chi connectivity index (χ2n) is 10.2. The summed E-state index contributed by atoms with van der Waals surface area (Å²) in [4.78, 5) is 89.4. The van der Waals surface area contributed by atoms with Crippen molar-refractivity contribution in [3.63, 3.8) is 0 Å². The number of hydrogen-bond acceptors (Lipinski definition) is 12. The number of benzene rings is 2. The Balaban J connectivity index is 1.61. The van der Waals surface area contributed by atoms with E-state index in [1.807, 2.05) is 0 Å². The number of nitrogens with zero attached hydrogens (tertiary/aromatic N) is 1. The molecule has 2 aromatic carbocycles. The number of amides is 4. The standard InChI is InChI=1S/C31H36N4O11/c1-18(32)26(37)34-22(30(41)46-15-19-9-5-4-6-10-19)13-14-25(36)33-23(29(40)43-2)16-45-17-24(31(42)44-3)35-27(38)20-11-7-8-12-21(20)28(35)39/h4-12,18,22-24H,13-17,32H2,1-3H3,(H,33,36)(H,34,37)/t18-,22+,23-,24+/m0/s1. The number of rotatable bonds is 16. The van der Waals surface area contributed by atoms with E-state index in [-0.39, 0.29) is 30.6 Å². The molecule has 0 unspecified atom stereocenters. The van der Waals surface area contributed by atoms with Gasteiger partial charge in [-0.25, -0.2) is 14.4 Å². The van der Waals surface area contributed by atoms with Crippen LogP contribution in [0.3, 0.4) is 0 Å². The van der Waals surface area contributed by atoms with E-state index in [9.17, 15) is 33.6 Å². The lowest BCUT2D eigenvalue weighted by atomic mass is 10.1. The van der Waals surface area contributed by atoms with Gasteiger partial charge in [0.1, 0.15) is 12.6 Å². The molecular weight excluding hydrogens is 604 g/mol.